The SMILES string of the molecule is CC(C)(C)NCCN1CCCN(CCOC(C)(C)C)CC1.CC(C)(C)NCCN1CCN(CCOC(C)(C)C)CC1. The van der Waals surface area contributed by atoms with Crippen LogP contribution < -0.4 is 10.6 Å². The third kappa shape index (κ3) is 23.8. The standard InChI is InChI=1S/C17H37N3O.C16H35N3O/c1-16(2,3)18-8-11-19-9-7-10-20(13-12-19)14-15-21-17(4,5)6;1-15(2,3)17-7-8-18-9-11-19(12-10-18)13-14-20-16(4,5)6/h18H,7-15H2,1-6H3;17H,7-14H2,1-6H3. The molecule has 2 aliphatic rings. The second kappa shape index (κ2) is 18.5. The van der Waals surface area contributed by atoms with Crippen molar-refractivity contribution >= 4 is 0 Å². The Morgan fingerprint density at radius 2 is 0.732 bits per heavy atom. The lowest BCUT2D eigenvalue weighted by atomic mass is 10.1. The molecule has 0 aromatic rings. The summed E-state index contributed by atoms with van der Waals surface area (Å²) in [6.45, 7) is 43.8. The van der Waals surface area contributed by atoms with Gasteiger partial charge in [0, 0.05) is 89.6 Å². The number of hydrogen-bond acceptors (Lipinski definition) is 8. The van der Waals surface area contributed by atoms with E-state index in [2.05, 4.69) is 113 Å². The van der Waals surface area contributed by atoms with E-state index in [-0.39, 0.29) is 22.3 Å². The molecule has 2 rings (SSSR count). The van der Waals surface area contributed by atoms with Crippen molar-refractivity contribution in [2.75, 3.05) is 105 Å². The van der Waals surface area contributed by atoms with Gasteiger partial charge < -0.3 is 25.0 Å². The van der Waals surface area contributed by atoms with Gasteiger partial charge in [0.25, 0.3) is 0 Å². The van der Waals surface area contributed by atoms with Crippen molar-refractivity contribution in [2.45, 2.75) is 112 Å². The molecule has 0 saturated carbocycles. The molecule has 8 nitrogen and oxygen atoms in total. The summed E-state index contributed by atoms with van der Waals surface area (Å²) >= 11 is 0. The summed E-state index contributed by atoms with van der Waals surface area (Å²) in [5.41, 5.74) is 0.422. The molecule has 0 amide bonds. The molecule has 0 spiro atoms. The smallest absolute Gasteiger partial charge is 0.0600 e. The van der Waals surface area contributed by atoms with Crippen LogP contribution in [0.1, 0.15) is 89.5 Å². The summed E-state index contributed by atoms with van der Waals surface area (Å²) in [6.07, 6.45) is 1.27. The van der Waals surface area contributed by atoms with Crippen molar-refractivity contribution in [1.82, 2.24) is 30.2 Å². The number of rotatable bonds is 12. The summed E-state index contributed by atoms with van der Waals surface area (Å²) in [6, 6.07) is 0. The average Bonchev–Trinajstić information content (AvgIpc) is 3.03. The van der Waals surface area contributed by atoms with Crippen LogP contribution in [0.25, 0.3) is 0 Å². The number of piperazine rings is 1. The zero-order chi connectivity index (χ0) is 31.2. The first-order valence-corrected chi connectivity index (χ1v) is 16.5. The Labute approximate surface area is 256 Å². The summed E-state index contributed by atoms with van der Waals surface area (Å²) in [7, 11) is 0. The van der Waals surface area contributed by atoms with Crippen molar-refractivity contribution in [3.63, 3.8) is 0 Å². The number of nitrogens with one attached hydrogen (secondary N) is 2. The fourth-order valence-corrected chi connectivity index (χ4v) is 4.85. The van der Waals surface area contributed by atoms with E-state index in [4.69, 9.17) is 9.47 Å². The van der Waals surface area contributed by atoms with Crippen molar-refractivity contribution in [2.24, 2.45) is 0 Å². The Morgan fingerprint density at radius 1 is 0.439 bits per heavy atom. The first kappa shape index (κ1) is 38.7. The molecule has 41 heavy (non-hydrogen) atoms. The van der Waals surface area contributed by atoms with Crippen molar-refractivity contribution in [1.29, 1.82) is 0 Å². The Balaban J connectivity index is 0.000000410. The maximum Gasteiger partial charge on any atom is 0.0600 e. The van der Waals surface area contributed by atoms with Gasteiger partial charge in [0.05, 0.1) is 24.4 Å². The number of hydrogen-bond donors (Lipinski definition) is 2. The van der Waals surface area contributed by atoms with Gasteiger partial charge >= 0.3 is 0 Å². The molecule has 0 bridgehead atoms. The van der Waals surface area contributed by atoms with Crippen LogP contribution in [-0.2, 0) is 9.47 Å². The van der Waals surface area contributed by atoms with Crippen LogP contribution in [-0.4, -0.2) is 147 Å². The molecule has 2 heterocycles. The van der Waals surface area contributed by atoms with Crippen molar-refractivity contribution in [3.05, 3.63) is 0 Å². The zero-order valence-corrected chi connectivity index (χ0v) is 29.6. The van der Waals surface area contributed by atoms with Crippen molar-refractivity contribution in [3.8, 4) is 0 Å². The van der Waals surface area contributed by atoms with Gasteiger partial charge in [-0.15, -0.1) is 0 Å². The van der Waals surface area contributed by atoms with E-state index < -0.39 is 0 Å². The molecular formula is C33H72N6O2. The van der Waals surface area contributed by atoms with Crippen LogP contribution in [0.2, 0.25) is 0 Å². The Morgan fingerprint density at radius 3 is 1.05 bits per heavy atom. The van der Waals surface area contributed by atoms with E-state index in [9.17, 15) is 0 Å². The van der Waals surface area contributed by atoms with Gasteiger partial charge in [0.15, 0.2) is 0 Å². The highest BCUT2D eigenvalue weighted by Gasteiger charge is 2.19. The fraction of sp³-hybridized carbons (Fsp3) is 1.00. The average molecular weight is 585 g/mol. The minimum atomic E-state index is -0.0174. The lowest BCUT2D eigenvalue weighted by molar-refractivity contribution is -0.0178. The van der Waals surface area contributed by atoms with E-state index >= 15 is 0 Å². The summed E-state index contributed by atoms with van der Waals surface area (Å²) in [4.78, 5) is 10.2. The van der Waals surface area contributed by atoms with E-state index in [1.807, 2.05) is 0 Å². The normalized spacial score (nSPS) is 19.6. The van der Waals surface area contributed by atoms with Crippen molar-refractivity contribution < 1.29 is 9.47 Å². The monoisotopic (exact) mass is 585 g/mol. The van der Waals surface area contributed by atoms with Crippen LogP contribution in [0.3, 0.4) is 0 Å². The van der Waals surface area contributed by atoms with Gasteiger partial charge in [-0.2, -0.15) is 0 Å². The second-order valence-electron chi connectivity index (χ2n) is 16.0. The second-order valence-corrected chi connectivity index (χ2v) is 16.0. The summed E-state index contributed by atoms with van der Waals surface area (Å²) in [5.74, 6) is 0. The Kier molecular flexibility index (Phi) is 17.4. The quantitative estimate of drug-likeness (QED) is 0.357. The highest BCUT2D eigenvalue weighted by molar-refractivity contribution is 4.76. The molecule has 0 atom stereocenters. The molecule has 0 radical (unpaired) electrons. The predicted molar refractivity (Wildman–Crippen MR) is 177 cm³/mol. The van der Waals surface area contributed by atoms with Gasteiger partial charge in [-0.05, 0) is 103 Å². The molecule has 2 saturated heterocycles. The van der Waals surface area contributed by atoms with Gasteiger partial charge in [0.2, 0.25) is 0 Å². The fourth-order valence-electron chi connectivity index (χ4n) is 4.85. The molecule has 2 N–H and O–H groups in total. The third-order valence-electron chi connectivity index (χ3n) is 7.20. The van der Waals surface area contributed by atoms with Gasteiger partial charge in [0.1, 0.15) is 0 Å². The molecule has 2 aliphatic heterocycles. The Bertz CT molecular complexity index is 599. The Hall–Kier alpha value is -0.320. The highest BCUT2D eigenvalue weighted by Crippen LogP contribution is 2.09. The first-order chi connectivity index (χ1) is 18.8. The van der Waals surface area contributed by atoms with E-state index in [1.165, 1.54) is 58.8 Å². The number of ether oxygens (including phenoxy) is 2. The van der Waals surface area contributed by atoms with Crippen LogP contribution in [0.5, 0.6) is 0 Å². The minimum Gasteiger partial charge on any atom is -0.375 e. The van der Waals surface area contributed by atoms with Crippen LogP contribution in [0.4, 0.5) is 0 Å². The maximum atomic E-state index is 5.84. The molecule has 8 heteroatoms. The van der Waals surface area contributed by atoms with Gasteiger partial charge in [-0.1, -0.05) is 0 Å². The number of nitrogens with zero attached hydrogens (tertiary/aromatic N) is 4. The zero-order valence-electron chi connectivity index (χ0n) is 29.6. The van der Waals surface area contributed by atoms with E-state index in [0.717, 1.165) is 52.5 Å². The van der Waals surface area contributed by atoms with Crippen LogP contribution in [0.15, 0.2) is 0 Å². The lowest BCUT2D eigenvalue weighted by Gasteiger charge is -2.35. The maximum absolute atomic E-state index is 5.84. The van der Waals surface area contributed by atoms with E-state index in [0.29, 0.717) is 0 Å². The molecule has 0 aliphatic carbocycles. The molecule has 0 unspecified atom stereocenters. The summed E-state index contributed by atoms with van der Waals surface area (Å²) < 4.78 is 11.6. The predicted octanol–water partition coefficient (Wildman–Crippen LogP) is 4.00. The summed E-state index contributed by atoms with van der Waals surface area (Å²) in [5, 5.41) is 7.13. The molecule has 0 aromatic carbocycles. The largest absolute Gasteiger partial charge is 0.375 e. The highest BCUT2D eigenvalue weighted by atomic mass is 16.5. The first-order valence-electron chi connectivity index (χ1n) is 16.5. The molecule has 246 valence electrons. The van der Waals surface area contributed by atoms with Gasteiger partial charge in [-0.3, -0.25) is 14.7 Å². The molecule has 2 fully saturated rings. The molecular weight excluding hydrogens is 512 g/mol. The van der Waals surface area contributed by atoms with Gasteiger partial charge in [-0.25, -0.2) is 0 Å². The minimum absolute atomic E-state index is 0.0134. The molecule has 0 aromatic heterocycles. The topological polar surface area (TPSA) is 55.5 Å². The van der Waals surface area contributed by atoms with E-state index in [1.54, 1.807) is 0 Å². The van der Waals surface area contributed by atoms with Crippen LogP contribution >= 0.6 is 0 Å². The third-order valence-corrected chi connectivity index (χ3v) is 7.20. The van der Waals surface area contributed by atoms with Crippen LogP contribution in [0, 0.1) is 0 Å². The lowest BCUT2D eigenvalue weighted by Crippen LogP contribution is -2.50.